The predicted molar refractivity (Wildman–Crippen MR) is 41.6 cm³/mol. The summed E-state index contributed by atoms with van der Waals surface area (Å²) in [6, 6.07) is 0. The summed E-state index contributed by atoms with van der Waals surface area (Å²) in [4.78, 5) is 2.30. The minimum atomic E-state index is 0. The molecule has 1 aliphatic rings. The molecule has 0 aromatic heterocycles. The normalized spacial score (nSPS) is 24.3. The van der Waals surface area contributed by atoms with Gasteiger partial charge in [0.25, 0.3) is 0 Å². The fourth-order valence-corrected chi connectivity index (χ4v) is 1.27. The third kappa shape index (κ3) is 3.81. The first-order valence-electron chi connectivity index (χ1n) is 3.81. The summed E-state index contributed by atoms with van der Waals surface area (Å²) in [7, 11) is 0. The molecule has 0 spiro atoms. The molecule has 3 heteroatoms. The minimum Gasteiger partial charge on any atom is -0.452 e. The number of rotatable bonds is 1. The van der Waals surface area contributed by atoms with Crippen molar-refractivity contribution >= 4 is 0 Å². The summed E-state index contributed by atoms with van der Waals surface area (Å²) in [5.74, 6) is 0. The van der Waals surface area contributed by atoms with Crippen molar-refractivity contribution in [3.8, 4) is 0 Å². The maximum absolute atomic E-state index is 5.54. The van der Waals surface area contributed by atoms with E-state index in [1.165, 1.54) is 0 Å². The van der Waals surface area contributed by atoms with Crippen LogP contribution in [-0.2, 0) is 30.6 Å². The van der Waals surface area contributed by atoms with Gasteiger partial charge in [0.1, 0.15) is 0 Å². The second kappa shape index (κ2) is 4.73. The Balaban J connectivity index is 0.000001000. The molecular weight excluding hydrogens is 171 g/mol. The third-order valence-electron chi connectivity index (χ3n) is 1.82. The van der Waals surface area contributed by atoms with E-state index in [0.717, 1.165) is 19.7 Å². The summed E-state index contributed by atoms with van der Waals surface area (Å²) in [6.07, 6.45) is 0. The van der Waals surface area contributed by atoms with Gasteiger partial charge in [-0.25, -0.2) is 0 Å². The van der Waals surface area contributed by atoms with Crippen LogP contribution in [0.3, 0.4) is 0 Å². The first-order valence-corrected chi connectivity index (χ1v) is 3.81. The summed E-state index contributed by atoms with van der Waals surface area (Å²) in [6.45, 7) is 11.4. The maximum atomic E-state index is 5.54. The molecule has 0 aromatic rings. The zero-order valence-corrected chi connectivity index (χ0v) is 9.43. The van der Waals surface area contributed by atoms with Crippen LogP contribution in [0.4, 0.5) is 0 Å². The quantitative estimate of drug-likeness (QED) is 0.573. The monoisotopic (exact) mass is 187 g/mol. The van der Waals surface area contributed by atoms with E-state index in [2.05, 4.69) is 32.2 Å². The smallest absolute Gasteiger partial charge is 0.0729 e. The molecule has 0 aromatic carbocycles. The van der Waals surface area contributed by atoms with E-state index in [1.807, 2.05) is 0 Å². The minimum absolute atomic E-state index is 0. The van der Waals surface area contributed by atoms with Gasteiger partial charge in [-0.15, -0.1) is 0 Å². The Kier molecular flexibility index (Phi) is 5.07. The Labute approximate surface area is 88.1 Å². The first kappa shape index (κ1) is 11.8. The molecule has 1 rings (SSSR count). The molecule has 1 fully saturated rings. The Morgan fingerprint density at radius 3 is 2.45 bits per heavy atom. The molecule has 0 N–H and O–H groups in total. The molecule has 0 saturated carbocycles. The molecule has 1 heterocycles. The molecule has 1 aliphatic heterocycles. The Hall–Kier alpha value is 0.790. The van der Waals surface area contributed by atoms with E-state index in [4.69, 9.17) is 4.74 Å². The van der Waals surface area contributed by atoms with E-state index < -0.39 is 0 Å². The van der Waals surface area contributed by atoms with E-state index >= 15 is 0 Å². The van der Waals surface area contributed by atoms with Crippen LogP contribution in [0.5, 0.6) is 0 Å². The zero-order chi connectivity index (χ0) is 7.61. The van der Waals surface area contributed by atoms with Crippen molar-refractivity contribution in [3.05, 3.63) is 6.54 Å². The van der Waals surface area contributed by atoms with Crippen LogP contribution in [0.25, 0.3) is 0 Å². The van der Waals surface area contributed by atoms with Crippen LogP contribution in [0.15, 0.2) is 0 Å². The predicted octanol–water partition coefficient (Wildman–Crippen LogP) is 1.28. The molecule has 2 nitrogen and oxygen atoms in total. The molecule has 0 aliphatic carbocycles. The average molecular weight is 187 g/mol. The van der Waals surface area contributed by atoms with Crippen molar-refractivity contribution in [2.75, 3.05) is 19.7 Å². The van der Waals surface area contributed by atoms with Crippen LogP contribution < -0.4 is 0 Å². The Bertz CT molecular complexity index is 117. The van der Waals surface area contributed by atoms with Crippen molar-refractivity contribution in [3.63, 3.8) is 0 Å². The number of ether oxygens (including phenoxy) is 1. The summed E-state index contributed by atoms with van der Waals surface area (Å²) in [5, 5.41) is 0. The number of nitrogens with zero attached hydrogens (tertiary/aromatic N) is 1. The molecule has 63 valence electrons. The number of hydrogen-bond acceptors (Lipinski definition) is 2. The van der Waals surface area contributed by atoms with Crippen LogP contribution in [0.2, 0.25) is 0 Å². The van der Waals surface area contributed by atoms with Gasteiger partial charge in [0.2, 0.25) is 0 Å². The summed E-state index contributed by atoms with van der Waals surface area (Å²) < 4.78 is 5.54. The van der Waals surface area contributed by atoms with Gasteiger partial charge in [0, 0.05) is 25.8 Å². The molecule has 11 heavy (non-hydrogen) atoms. The fourth-order valence-electron chi connectivity index (χ4n) is 1.27. The standard InChI is InChI=1S/C8H16NO.Sc/c1-4-9-5-6-10-8(2,3)7-9;/h4H,5-7H2,1-3H3;/q-1;. The topological polar surface area (TPSA) is 12.5 Å². The molecular formula is C8H16NOSc-. The van der Waals surface area contributed by atoms with Crippen LogP contribution in [0, 0.1) is 6.54 Å². The van der Waals surface area contributed by atoms with E-state index in [9.17, 15) is 0 Å². The van der Waals surface area contributed by atoms with E-state index in [0.29, 0.717) is 0 Å². The van der Waals surface area contributed by atoms with Crippen molar-refractivity contribution in [1.82, 2.24) is 4.90 Å². The van der Waals surface area contributed by atoms with Crippen molar-refractivity contribution in [1.29, 1.82) is 0 Å². The van der Waals surface area contributed by atoms with Crippen LogP contribution in [-0.4, -0.2) is 30.2 Å². The van der Waals surface area contributed by atoms with Crippen molar-refractivity contribution in [2.45, 2.75) is 26.4 Å². The van der Waals surface area contributed by atoms with Crippen molar-refractivity contribution < 1.29 is 30.6 Å². The van der Waals surface area contributed by atoms with Gasteiger partial charge in [-0.2, -0.15) is 6.92 Å². The van der Waals surface area contributed by atoms with Crippen LogP contribution in [0.1, 0.15) is 20.8 Å². The fraction of sp³-hybridized carbons (Fsp3) is 0.875. The van der Waals surface area contributed by atoms with Crippen molar-refractivity contribution in [2.24, 2.45) is 0 Å². The van der Waals surface area contributed by atoms with Crippen LogP contribution >= 0.6 is 0 Å². The second-order valence-corrected chi connectivity index (χ2v) is 3.34. The van der Waals surface area contributed by atoms with E-state index in [-0.39, 0.29) is 31.4 Å². The third-order valence-corrected chi connectivity index (χ3v) is 1.82. The summed E-state index contributed by atoms with van der Waals surface area (Å²) >= 11 is 0. The van der Waals surface area contributed by atoms with E-state index in [1.54, 1.807) is 0 Å². The number of hydrogen-bond donors (Lipinski definition) is 0. The molecule has 0 unspecified atom stereocenters. The second-order valence-electron chi connectivity index (χ2n) is 3.34. The van der Waals surface area contributed by atoms with Gasteiger partial charge >= 0.3 is 0 Å². The zero-order valence-electron chi connectivity index (χ0n) is 7.63. The van der Waals surface area contributed by atoms with Gasteiger partial charge in [0.05, 0.1) is 12.2 Å². The van der Waals surface area contributed by atoms with Gasteiger partial charge < -0.3 is 9.64 Å². The Morgan fingerprint density at radius 1 is 1.45 bits per heavy atom. The SMILES string of the molecule is C[CH-]N1CCOC(C)(C)C1.[Sc]. The maximum Gasteiger partial charge on any atom is 0.0729 e. The van der Waals surface area contributed by atoms with Gasteiger partial charge in [-0.05, 0) is 26.9 Å². The first-order chi connectivity index (χ1) is 4.64. The van der Waals surface area contributed by atoms with Gasteiger partial charge in [-0.3, -0.25) is 6.54 Å². The molecule has 1 saturated heterocycles. The average Bonchev–Trinajstić information content (AvgIpc) is 1.86. The molecule has 0 amide bonds. The largest absolute Gasteiger partial charge is 0.452 e. The molecule has 0 bridgehead atoms. The molecule has 0 atom stereocenters. The van der Waals surface area contributed by atoms with Gasteiger partial charge in [0.15, 0.2) is 0 Å². The molecule has 1 radical (unpaired) electrons. The van der Waals surface area contributed by atoms with Gasteiger partial charge in [-0.1, -0.05) is 0 Å². The number of morpholine rings is 1. The summed E-state index contributed by atoms with van der Waals surface area (Å²) in [5.41, 5.74) is 0.0464. The Morgan fingerprint density at radius 2 is 2.09 bits per heavy atom.